The van der Waals surface area contributed by atoms with Crippen molar-refractivity contribution in [2.45, 2.75) is 43.7 Å². The molecule has 0 unspecified atom stereocenters. The van der Waals surface area contributed by atoms with E-state index in [0.29, 0.717) is 31.1 Å². The molecule has 0 radical (unpaired) electrons. The summed E-state index contributed by atoms with van der Waals surface area (Å²) in [5, 5.41) is 9.25. The van der Waals surface area contributed by atoms with Crippen molar-refractivity contribution in [3.05, 3.63) is 21.6 Å². The lowest BCUT2D eigenvalue weighted by atomic mass is 10.1. The van der Waals surface area contributed by atoms with Gasteiger partial charge in [-0.2, -0.15) is 5.10 Å². The Labute approximate surface area is 138 Å². The summed E-state index contributed by atoms with van der Waals surface area (Å²) in [6.07, 6.45) is 6.29. The summed E-state index contributed by atoms with van der Waals surface area (Å²) in [6, 6.07) is 0. The second kappa shape index (κ2) is 5.40. The maximum atomic E-state index is 12.1. The molecule has 1 aliphatic heterocycles. The molecule has 1 saturated heterocycles. The van der Waals surface area contributed by atoms with Gasteiger partial charge >= 0.3 is 6.09 Å². The lowest BCUT2D eigenvalue weighted by Crippen LogP contribution is -2.41. The minimum atomic E-state index is -0.411. The number of hydrogen-bond donors (Lipinski definition) is 2. The molecular weight excluding hydrogens is 320 g/mol. The third kappa shape index (κ3) is 2.89. The van der Waals surface area contributed by atoms with Crippen LogP contribution in [0.25, 0.3) is 0 Å². The zero-order valence-electron chi connectivity index (χ0n) is 12.7. The van der Waals surface area contributed by atoms with Crippen molar-refractivity contribution in [3.8, 4) is 0 Å². The number of carbonyl (C=O) groups excluding carboxylic acids is 1. The first-order valence-electron chi connectivity index (χ1n) is 8.04. The van der Waals surface area contributed by atoms with Gasteiger partial charge < -0.3 is 15.0 Å². The van der Waals surface area contributed by atoms with Gasteiger partial charge in [0.1, 0.15) is 11.1 Å². The highest BCUT2D eigenvalue weighted by Gasteiger charge is 2.55. The Balaban J connectivity index is 1.34. The number of amides is 1. The molecular formula is C15H19ClN4O3. The zero-order valence-corrected chi connectivity index (χ0v) is 13.4. The van der Waals surface area contributed by atoms with E-state index in [2.05, 4.69) is 15.5 Å². The normalized spacial score (nSPS) is 25.3. The van der Waals surface area contributed by atoms with Crippen LogP contribution in [0.3, 0.4) is 0 Å². The number of nitrogens with zero attached hydrogens (tertiary/aromatic N) is 2. The second-order valence-corrected chi connectivity index (χ2v) is 7.09. The lowest BCUT2D eigenvalue weighted by molar-refractivity contribution is 0.102. The number of alkyl carbamates (subject to hydrolysis) is 1. The Morgan fingerprint density at radius 1 is 1.43 bits per heavy atom. The molecule has 124 valence electrons. The van der Waals surface area contributed by atoms with E-state index in [9.17, 15) is 9.59 Å². The maximum absolute atomic E-state index is 12.1. The van der Waals surface area contributed by atoms with Gasteiger partial charge in [0, 0.05) is 18.5 Å². The van der Waals surface area contributed by atoms with Crippen LogP contribution >= 0.6 is 11.6 Å². The van der Waals surface area contributed by atoms with Gasteiger partial charge in [-0.1, -0.05) is 11.6 Å². The summed E-state index contributed by atoms with van der Waals surface area (Å²) >= 11 is 6.02. The molecule has 0 spiro atoms. The largest absolute Gasteiger partial charge is 0.444 e. The summed E-state index contributed by atoms with van der Waals surface area (Å²) in [7, 11) is 0. The summed E-state index contributed by atoms with van der Waals surface area (Å²) in [5.74, 6) is 0.649. The molecule has 1 amide bonds. The van der Waals surface area contributed by atoms with Crippen molar-refractivity contribution < 1.29 is 9.53 Å². The maximum Gasteiger partial charge on any atom is 0.407 e. The number of aromatic amines is 1. The first kappa shape index (κ1) is 14.8. The number of carbonyl (C=O) groups is 1. The van der Waals surface area contributed by atoms with Crippen LogP contribution in [-0.4, -0.2) is 41.0 Å². The van der Waals surface area contributed by atoms with Crippen LogP contribution in [0, 0.1) is 5.92 Å². The summed E-state index contributed by atoms with van der Waals surface area (Å²) < 4.78 is 5.55. The predicted molar refractivity (Wildman–Crippen MR) is 84.8 cm³/mol. The number of rotatable bonds is 4. The van der Waals surface area contributed by atoms with Crippen molar-refractivity contribution in [3.63, 3.8) is 0 Å². The van der Waals surface area contributed by atoms with Crippen molar-refractivity contribution in [2.24, 2.45) is 5.92 Å². The molecule has 3 aliphatic rings. The van der Waals surface area contributed by atoms with Gasteiger partial charge in [-0.3, -0.25) is 4.79 Å². The summed E-state index contributed by atoms with van der Waals surface area (Å²) in [5.41, 5.74) is 0.194. The fourth-order valence-corrected chi connectivity index (χ4v) is 3.64. The van der Waals surface area contributed by atoms with Crippen molar-refractivity contribution >= 4 is 23.4 Å². The van der Waals surface area contributed by atoms with E-state index >= 15 is 0 Å². The molecule has 2 heterocycles. The Kier molecular flexibility index (Phi) is 3.48. The Bertz CT molecular complexity index is 684. The molecule has 2 saturated carbocycles. The van der Waals surface area contributed by atoms with Gasteiger partial charge in [-0.15, -0.1) is 0 Å². The van der Waals surface area contributed by atoms with E-state index in [0.717, 1.165) is 12.8 Å². The van der Waals surface area contributed by atoms with Crippen LogP contribution in [0.1, 0.15) is 32.1 Å². The van der Waals surface area contributed by atoms with E-state index < -0.39 is 5.56 Å². The molecule has 1 aromatic heterocycles. The Morgan fingerprint density at radius 2 is 2.22 bits per heavy atom. The van der Waals surface area contributed by atoms with Crippen LogP contribution in [0.5, 0.6) is 0 Å². The fourth-order valence-electron chi connectivity index (χ4n) is 3.43. The number of ether oxygens (including phenoxy) is 1. The lowest BCUT2D eigenvalue weighted by Gasteiger charge is -2.20. The number of anilines is 1. The molecule has 3 fully saturated rings. The van der Waals surface area contributed by atoms with Crippen molar-refractivity contribution in [1.82, 2.24) is 15.5 Å². The minimum Gasteiger partial charge on any atom is -0.444 e. The zero-order chi connectivity index (χ0) is 16.0. The highest BCUT2D eigenvalue weighted by molar-refractivity contribution is 6.33. The van der Waals surface area contributed by atoms with E-state index in [1.807, 2.05) is 4.90 Å². The van der Waals surface area contributed by atoms with Gasteiger partial charge in [0.2, 0.25) is 0 Å². The van der Waals surface area contributed by atoms with Crippen molar-refractivity contribution in [1.29, 1.82) is 0 Å². The van der Waals surface area contributed by atoms with Gasteiger partial charge in [-0.05, 0) is 31.6 Å². The van der Waals surface area contributed by atoms with Gasteiger partial charge in [0.05, 0.1) is 18.4 Å². The highest BCUT2D eigenvalue weighted by Crippen LogP contribution is 2.53. The number of H-pyrrole nitrogens is 1. The smallest absolute Gasteiger partial charge is 0.407 e. The number of aromatic nitrogens is 2. The monoisotopic (exact) mass is 338 g/mol. The number of hydrogen-bond acceptors (Lipinski definition) is 5. The van der Waals surface area contributed by atoms with Crippen LogP contribution in [0.4, 0.5) is 10.5 Å². The van der Waals surface area contributed by atoms with Crippen molar-refractivity contribution in [2.75, 3.05) is 18.0 Å². The van der Waals surface area contributed by atoms with Crippen LogP contribution in [0.2, 0.25) is 5.02 Å². The number of nitrogens with one attached hydrogen (secondary N) is 2. The Hall–Kier alpha value is -1.76. The molecule has 1 aromatic rings. The molecule has 1 atom stereocenters. The van der Waals surface area contributed by atoms with Crippen LogP contribution < -0.4 is 15.8 Å². The highest BCUT2D eigenvalue weighted by atomic mass is 35.5. The molecule has 0 aromatic carbocycles. The molecule has 0 bridgehead atoms. The summed E-state index contributed by atoms with van der Waals surface area (Å²) in [6.45, 7) is 1.20. The molecule has 4 rings (SSSR count). The first-order chi connectivity index (χ1) is 11.1. The predicted octanol–water partition coefficient (Wildman–Crippen LogP) is 1.67. The third-order valence-corrected chi connectivity index (χ3v) is 5.40. The topological polar surface area (TPSA) is 87.3 Å². The van der Waals surface area contributed by atoms with Gasteiger partial charge in [0.25, 0.3) is 5.56 Å². The van der Waals surface area contributed by atoms with E-state index in [-0.39, 0.29) is 22.8 Å². The average Bonchev–Trinajstić information content (AvgIpc) is 3.42. The van der Waals surface area contributed by atoms with E-state index in [1.165, 1.54) is 19.0 Å². The molecule has 2 aliphatic carbocycles. The molecule has 8 heteroatoms. The van der Waals surface area contributed by atoms with Crippen LogP contribution in [-0.2, 0) is 4.74 Å². The quantitative estimate of drug-likeness (QED) is 0.872. The van der Waals surface area contributed by atoms with E-state index in [4.69, 9.17) is 16.3 Å². The Morgan fingerprint density at radius 3 is 2.91 bits per heavy atom. The van der Waals surface area contributed by atoms with Gasteiger partial charge in [0.15, 0.2) is 0 Å². The summed E-state index contributed by atoms with van der Waals surface area (Å²) in [4.78, 5) is 25.5. The number of halogens is 1. The minimum absolute atomic E-state index is 0.0231. The second-order valence-electron chi connectivity index (χ2n) is 6.72. The SMILES string of the molecule is O=C(NC1(C2CC2)CC1)O[C@@H]1CCN(c2cn[nH]c(=O)c2Cl)C1. The molecule has 7 nitrogen and oxygen atoms in total. The molecule has 23 heavy (non-hydrogen) atoms. The fraction of sp³-hybridized carbons (Fsp3) is 0.667. The van der Waals surface area contributed by atoms with Crippen LogP contribution in [0.15, 0.2) is 11.0 Å². The first-order valence-corrected chi connectivity index (χ1v) is 8.42. The van der Waals surface area contributed by atoms with Gasteiger partial charge in [-0.25, -0.2) is 9.89 Å². The standard InChI is InChI=1S/C15H19ClN4O3/c16-12-11(7-17-19-13(12)21)20-6-3-10(8-20)23-14(22)18-15(4-5-15)9-1-2-9/h7,9-10H,1-6,8H2,(H,18,22)(H,19,21)/t10-/m1/s1. The average molecular weight is 339 g/mol. The van der Waals surface area contributed by atoms with E-state index in [1.54, 1.807) is 0 Å². The third-order valence-electron chi connectivity index (χ3n) is 5.04. The molecule has 2 N–H and O–H groups in total.